The van der Waals surface area contributed by atoms with Crippen LogP contribution in [-0.4, -0.2) is 18.9 Å². The molecule has 0 radical (unpaired) electrons. The van der Waals surface area contributed by atoms with Crippen molar-refractivity contribution < 1.29 is 0 Å². The van der Waals surface area contributed by atoms with Gasteiger partial charge in [-0.05, 0) is 47.2 Å². The van der Waals surface area contributed by atoms with Gasteiger partial charge in [0.2, 0.25) is 5.95 Å². The number of rotatable bonds is 2. The smallest absolute Gasteiger partial charge is 0.235 e. The van der Waals surface area contributed by atoms with E-state index in [-0.39, 0.29) is 0 Å². The van der Waals surface area contributed by atoms with Crippen molar-refractivity contribution in [3.05, 3.63) is 146 Å². The van der Waals surface area contributed by atoms with Crippen molar-refractivity contribution in [3.63, 3.8) is 0 Å². The van der Waals surface area contributed by atoms with Crippen molar-refractivity contribution >= 4 is 102 Å². The van der Waals surface area contributed by atoms with E-state index in [2.05, 4.69) is 155 Å². The topological polar surface area (TPSA) is 35.1 Å². The Morgan fingerprint density at radius 2 is 1.14 bits per heavy atom. The third-order valence-corrected chi connectivity index (χ3v) is 11.6. The molecule has 226 valence electrons. The molecule has 5 heteroatoms. The van der Waals surface area contributed by atoms with Crippen molar-refractivity contribution in [2.45, 2.75) is 0 Å². The van der Waals surface area contributed by atoms with Gasteiger partial charge >= 0.3 is 0 Å². The first-order valence-corrected chi connectivity index (χ1v) is 17.4. The molecular formula is C44H24N4S. The number of nitrogens with zero attached hydrogens (tertiary/aromatic N) is 4. The summed E-state index contributed by atoms with van der Waals surface area (Å²) >= 11 is 1.77. The largest absolute Gasteiger partial charge is 0.308 e. The molecule has 0 aliphatic carbocycles. The van der Waals surface area contributed by atoms with Gasteiger partial charge < -0.3 is 4.40 Å². The molecule has 0 amide bonds. The summed E-state index contributed by atoms with van der Waals surface area (Å²) < 4.78 is 7.12. The number of aromatic nitrogens is 4. The normalized spacial score (nSPS) is 12.5. The van der Waals surface area contributed by atoms with Crippen molar-refractivity contribution in [2.24, 2.45) is 0 Å². The van der Waals surface area contributed by atoms with E-state index in [1.165, 1.54) is 64.3 Å². The fourth-order valence-electron chi connectivity index (χ4n) is 8.38. The molecule has 0 aliphatic rings. The summed E-state index contributed by atoms with van der Waals surface area (Å²) in [4.78, 5) is 11.0. The van der Waals surface area contributed by atoms with Gasteiger partial charge in [0.05, 0.1) is 43.5 Å². The lowest BCUT2D eigenvalue weighted by Gasteiger charge is -2.10. The zero-order valence-corrected chi connectivity index (χ0v) is 26.9. The van der Waals surface area contributed by atoms with Crippen LogP contribution in [0.3, 0.4) is 0 Å². The van der Waals surface area contributed by atoms with Crippen LogP contribution < -0.4 is 0 Å². The molecule has 0 spiro atoms. The van der Waals surface area contributed by atoms with E-state index in [0.29, 0.717) is 5.95 Å². The summed E-state index contributed by atoms with van der Waals surface area (Å²) in [6.07, 6.45) is 0. The Labute approximate surface area is 283 Å². The lowest BCUT2D eigenvalue weighted by atomic mass is 10.0. The van der Waals surface area contributed by atoms with Crippen LogP contribution in [0.5, 0.6) is 0 Å². The second-order valence-corrected chi connectivity index (χ2v) is 14.0. The van der Waals surface area contributed by atoms with Crippen LogP contribution in [0.4, 0.5) is 0 Å². The molecule has 12 rings (SSSR count). The predicted octanol–water partition coefficient (Wildman–Crippen LogP) is 11.9. The molecule has 5 heterocycles. The summed E-state index contributed by atoms with van der Waals surface area (Å²) in [5, 5.41) is 11.1. The number of hydrogen-bond acceptors (Lipinski definition) is 3. The maximum absolute atomic E-state index is 5.49. The average molecular weight is 641 g/mol. The molecule has 0 aliphatic heterocycles. The van der Waals surface area contributed by atoms with Crippen LogP contribution >= 0.6 is 11.3 Å². The highest BCUT2D eigenvalue weighted by Crippen LogP contribution is 2.47. The fourth-order valence-corrected chi connectivity index (χ4v) is 9.54. The highest BCUT2D eigenvalue weighted by Gasteiger charge is 2.26. The summed E-state index contributed by atoms with van der Waals surface area (Å²) in [7, 11) is 0. The minimum Gasteiger partial charge on any atom is -0.308 e. The minimum absolute atomic E-state index is 0.687. The lowest BCUT2D eigenvalue weighted by molar-refractivity contribution is 1.02. The van der Waals surface area contributed by atoms with Crippen molar-refractivity contribution in [1.29, 1.82) is 0 Å². The Morgan fingerprint density at radius 3 is 1.98 bits per heavy atom. The summed E-state index contributed by atoms with van der Waals surface area (Å²) in [6, 6.07) is 52.6. The van der Waals surface area contributed by atoms with Gasteiger partial charge in [0.15, 0.2) is 0 Å². The number of fused-ring (bicyclic) bond motifs is 14. The summed E-state index contributed by atoms with van der Waals surface area (Å²) in [5.41, 5.74) is 9.00. The first-order chi connectivity index (χ1) is 24.3. The SMILES string of the molecule is c1ccc(-c2nc(-n3c4cc5ccccc5cc4c4c5c6ccccc6n6c7ccccc7c(cc43)c56)nc3c2sc2ccccc23)cc1. The quantitative estimate of drug-likeness (QED) is 0.188. The zero-order chi connectivity index (χ0) is 31.8. The predicted molar refractivity (Wildman–Crippen MR) is 207 cm³/mol. The average Bonchev–Trinajstić information content (AvgIpc) is 3.89. The highest BCUT2D eigenvalue weighted by atomic mass is 32.1. The Balaban J connectivity index is 1.35. The molecule has 4 nitrogen and oxygen atoms in total. The first-order valence-electron chi connectivity index (χ1n) is 16.6. The van der Waals surface area contributed by atoms with Gasteiger partial charge in [0, 0.05) is 48.0 Å². The van der Waals surface area contributed by atoms with Crippen LogP contribution in [0.2, 0.25) is 0 Å². The molecular weight excluding hydrogens is 617 g/mol. The van der Waals surface area contributed by atoms with E-state index in [1.807, 2.05) is 0 Å². The van der Waals surface area contributed by atoms with Crippen LogP contribution in [0, 0.1) is 0 Å². The van der Waals surface area contributed by atoms with E-state index in [9.17, 15) is 0 Å². The fraction of sp³-hybridized carbons (Fsp3) is 0. The van der Waals surface area contributed by atoms with E-state index >= 15 is 0 Å². The van der Waals surface area contributed by atoms with Gasteiger partial charge in [-0.15, -0.1) is 11.3 Å². The molecule has 0 N–H and O–H groups in total. The summed E-state index contributed by atoms with van der Waals surface area (Å²) in [5.74, 6) is 0.687. The minimum atomic E-state index is 0.687. The Kier molecular flexibility index (Phi) is 4.83. The standard InChI is InChI=1S/C44H24N4S/c1-2-12-25(13-3-1)40-43-41(30-18-8-11-21-37(30)49-43)46-44(45-40)48-35-23-27-15-5-4-14-26(27)22-32(35)38-36(48)24-31-28-16-6-9-19-33(28)47-34-20-10-7-17-29(34)39(38)42(31)47/h1-24H. The molecule has 0 saturated carbocycles. The van der Waals surface area contributed by atoms with Crippen LogP contribution in [0.1, 0.15) is 0 Å². The number of benzene rings is 7. The third kappa shape index (κ3) is 3.27. The van der Waals surface area contributed by atoms with Gasteiger partial charge in [-0.3, -0.25) is 4.57 Å². The van der Waals surface area contributed by atoms with Crippen molar-refractivity contribution in [2.75, 3.05) is 0 Å². The Hall–Kier alpha value is -6.30. The zero-order valence-electron chi connectivity index (χ0n) is 26.1. The van der Waals surface area contributed by atoms with Crippen LogP contribution in [0.15, 0.2) is 146 Å². The molecule has 49 heavy (non-hydrogen) atoms. The number of hydrogen-bond donors (Lipinski definition) is 0. The number of thiophene rings is 1. The second-order valence-electron chi connectivity index (χ2n) is 13.0. The molecule has 0 atom stereocenters. The van der Waals surface area contributed by atoms with E-state index in [1.54, 1.807) is 11.3 Å². The second kappa shape index (κ2) is 9.19. The maximum atomic E-state index is 5.49. The van der Waals surface area contributed by atoms with Gasteiger partial charge in [-0.25, -0.2) is 9.97 Å². The van der Waals surface area contributed by atoms with E-state index in [4.69, 9.17) is 9.97 Å². The molecule has 0 bridgehead atoms. The molecule has 5 aromatic heterocycles. The van der Waals surface area contributed by atoms with Gasteiger partial charge in [-0.1, -0.05) is 109 Å². The van der Waals surface area contributed by atoms with Crippen LogP contribution in [0.25, 0.3) is 108 Å². The molecule has 0 fully saturated rings. The molecule has 12 aromatic rings. The Morgan fingerprint density at radius 1 is 0.469 bits per heavy atom. The number of para-hydroxylation sites is 2. The lowest BCUT2D eigenvalue weighted by Crippen LogP contribution is -2.02. The third-order valence-electron chi connectivity index (χ3n) is 10.4. The van der Waals surface area contributed by atoms with Crippen molar-refractivity contribution in [3.8, 4) is 17.2 Å². The maximum Gasteiger partial charge on any atom is 0.235 e. The molecule has 0 saturated heterocycles. The van der Waals surface area contributed by atoms with E-state index < -0.39 is 0 Å². The molecule has 0 unspecified atom stereocenters. The van der Waals surface area contributed by atoms with E-state index in [0.717, 1.165) is 37.9 Å². The van der Waals surface area contributed by atoms with Gasteiger partial charge in [-0.2, -0.15) is 0 Å². The van der Waals surface area contributed by atoms with Crippen LogP contribution in [-0.2, 0) is 0 Å². The first kappa shape index (κ1) is 25.7. The Bertz CT molecular complexity index is 3330. The monoisotopic (exact) mass is 640 g/mol. The summed E-state index contributed by atoms with van der Waals surface area (Å²) in [6.45, 7) is 0. The molecule has 7 aromatic carbocycles. The highest BCUT2D eigenvalue weighted by molar-refractivity contribution is 7.26. The van der Waals surface area contributed by atoms with Crippen molar-refractivity contribution in [1.82, 2.24) is 18.9 Å². The van der Waals surface area contributed by atoms with Gasteiger partial charge in [0.1, 0.15) is 0 Å². The van der Waals surface area contributed by atoms with Gasteiger partial charge in [0.25, 0.3) is 0 Å².